The van der Waals surface area contributed by atoms with E-state index >= 15 is 0 Å². The van der Waals surface area contributed by atoms with Gasteiger partial charge in [0.05, 0.1) is 28.5 Å². The van der Waals surface area contributed by atoms with Crippen LogP contribution in [0.25, 0.3) is 10.9 Å². The average Bonchev–Trinajstić information content (AvgIpc) is 3.08. The number of nitrogens with zero attached hydrogens (tertiary/aromatic N) is 4. The van der Waals surface area contributed by atoms with Gasteiger partial charge in [-0.2, -0.15) is 18.0 Å². The van der Waals surface area contributed by atoms with Crippen molar-refractivity contribution in [3.63, 3.8) is 0 Å². The molecule has 2 fully saturated rings. The van der Waals surface area contributed by atoms with Crippen LogP contribution in [0.1, 0.15) is 42.4 Å². The van der Waals surface area contributed by atoms with Gasteiger partial charge in [0, 0.05) is 26.6 Å². The number of hydrogen-bond donors (Lipinski definition) is 1. The summed E-state index contributed by atoms with van der Waals surface area (Å²) < 4.78 is 67.0. The summed E-state index contributed by atoms with van der Waals surface area (Å²) in [5.74, 6) is -3.64. The molecule has 2 aliphatic carbocycles. The van der Waals surface area contributed by atoms with Crippen molar-refractivity contribution in [1.29, 1.82) is 5.26 Å². The van der Waals surface area contributed by atoms with Crippen LogP contribution in [-0.2, 0) is 29.6 Å². The fourth-order valence-corrected chi connectivity index (χ4v) is 6.92. The second kappa shape index (κ2) is 7.97. The fraction of sp³-hybridized carbons (Fsp3) is 0.400. The molecule has 1 N–H and O–H groups in total. The lowest BCUT2D eigenvalue weighted by Crippen LogP contribution is -2.62. The Morgan fingerprint density at radius 2 is 1.95 bits per heavy atom. The molecule has 3 aromatic rings. The predicted molar refractivity (Wildman–Crippen MR) is 131 cm³/mol. The molecule has 12 heteroatoms. The highest BCUT2D eigenvalue weighted by Gasteiger charge is 2.51. The van der Waals surface area contributed by atoms with Gasteiger partial charge in [-0.25, -0.2) is 13.8 Å². The summed E-state index contributed by atoms with van der Waals surface area (Å²) in [6.07, 6.45) is 3.92. The first-order valence-electron chi connectivity index (χ1n) is 11.9. The third-order valence-electron chi connectivity index (χ3n) is 7.67. The highest BCUT2D eigenvalue weighted by atomic mass is 32.2. The Morgan fingerprint density at radius 1 is 1.19 bits per heavy atom. The number of alkyl halides is 2. The number of ether oxygens (including phenoxy) is 1. The highest BCUT2D eigenvalue weighted by molar-refractivity contribution is 7.90. The monoisotopic (exact) mass is 527 g/mol. The van der Waals surface area contributed by atoms with Gasteiger partial charge in [0.25, 0.3) is 11.5 Å². The van der Waals surface area contributed by atoms with Crippen molar-refractivity contribution >= 4 is 26.8 Å². The smallest absolute Gasteiger partial charge is 0.301 e. The third-order valence-corrected chi connectivity index (χ3v) is 9.09. The quantitative estimate of drug-likeness (QED) is 0.540. The van der Waals surface area contributed by atoms with Gasteiger partial charge in [0.1, 0.15) is 17.4 Å². The number of fused-ring (bicyclic) bond motifs is 2. The summed E-state index contributed by atoms with van der Waals surface area (Å²) in [5.41, 5.74) is -0.608. The first kappa shape index (κ1) is 23.8. The Morgan fingerprint density at radius 3 is 2.62 bits per heavy atom. The summed E-state index contributed by atoms with van der Waals surface area (Å²) in [6.45, 7) is 0.799. The minimum atomic E-state index is -3.99. The SMILES string of the molecule is Cn1cnc2ccc(Oc3c(C#N)c(NS(=O)(=O)N4CC5(CCC5)C4)cc4c3C(F)(F)CC4)cc2c1=O. The average molecular weight is 528 g/mol. The van der Waals surface area contributed by atoms with Crippen molar-refractivity contribution in [3.8, 4) is 17.6 Å². The van der Waals surface area contributed by atoms with E-state index in [4.69, 9.17) is 4.74 Å². The van der Waals surface area contributed by atoms with Gasteiger partial charge in [-0.1, -0.05) is 6.42 Å². The lowest BCUT2D eigenvalue weighted by molar-refractivity contribution is -0.00753. The van der Waals surface area contributed by atoms with Crippen molar-refractivity contribution in [2.24, 2.45) is 12.5 Å². The number of anilines is 1. The lowest BCUT2D eigenvalue weighted by atomic mass is 9.65. The van der Waals surface area contributed by atoms with E-state index in [1.54, 1.807) is 0 Å². The number of benzene rings is 2. The van der Waals surface area contributed by atoms with E-state index in [1.165, 1.54) is 46.5 Å². The van der Waals surface area contributed by atoms with Crippen LogP contribution < -0.4 is 15.0 Å². The fourth-order valence-electron chi connectivity index (χ4n) is 5.46. The first-order valence-corrected chi connectivity index (χ1v) is 13.4. The van der Waals surface area contributed by atoms with Crippen LogP contribution in [0.4, 0.5) is 14.5 Å². The topological polar surface area (TPSA) is 117 Å². The summed E-state index contributed by atoms with van der Waals surface area (Å²) in [5, 5.41) is 10.2. The Bertz CT molecular complexity index is 1670. The van der Waals surface area contributed by atoms with Crippen molar-refractivity contribution in [3.05, 3.63) is 57.6 Å². The Hall–Kier alpha value is -3.56. The Kier molecular flexibility index (Phi) is 5.13. The third kappa shape index (κ3) is 3.76. The molecule has 1 spiro atoms. The second-order valence-electron chi connectivity index (χ2n) is 10.1. The molecule has 192 valence electrons. The van der Waals surface area contributed by atoms with E-state index in [0.29, 0.717) is 18.6 Å². The number of aryl methyl sites for hydroxylation is 2. The van der Waals surface area contributed by atoms with E-state index in [1.807, 2.05) is 6.07 Å². The zero-order chi connectivity index (χ0) is 26.2. The molecule has 0 atom stereocenters. The molecule has 9 nitrogen and oxygen atoms in total. The van der Waals surface area contributed by atoms with E-state index < -0.39 is 33.9 Å². The van der Waals surface area contributed by atoms with Crippen molar-refractivity contribution < 1.29 is 21.9 Å². The molecule has 1 aliphatic heterocycles. The Labute approximate surface area is 211 Å². The van der Waals surface area contributed by atoms with Crippen molar-refractivity contribution in [2.45, 2.75) is 38.0 Å². The van der Waals surface area contributed by atoms with E-state index in [9.17, 15) is 27.3 Å². The van der Waals surface area contributed by atoms with Crippen LogP contribution in [0.5, 0.6) is 11.5 Å². The van der Waals surface area contributed by atoms with Crippen LogP contribution in [-0.4, -0.2) is 35.4 Å². The maximum Gasteiger partial charge on any atom is 0.301 e. The Balaban J connectivity index is 1.42. The zero-order valence-electron chi connectivity index (χ0n) is 19.9. The van der Waals surface area contributed by atoms with Gasteiger partial charge in [-0.05, 0) is 54.5 Å². The van der Waals surface area contributed by atoms with Gasteiger partial charge in [-0.15, -0.1) is 0 Å². The normalized spacial score (nSPS) is 19.6. The molecule has 0 bridgehead atoms. The molecule has 6 rings (SSSR count). The first-order chi connectivity index (χ1) is 17.5. The standard InChI is InChI=1S/C25H23F2N5O4S/c1-31-14-29-19-4-3-16(10-17(19)23(31)33)36-22-18(11-28)20(9-15-5-8-25(26,27)21(15)22)30-37(34,35)32-12-24(13-32)6-2-7-24/h3-4,9-10,14,30H,2,5-8,12-13H2,1H3. The maximum atomic E-state index is 15.0. The lowest BCUT2D eigenvalue weighted by Gasteiger charge is -2.54. The van der Waals surface area contributed by atoms with Gasteiger partial charge in [0.15, 0.2) is 5.75 Å². The molecule has 2 aromatic carbocycles. The predicted octanol–water partition coefficient (Wildman–Crippen LogP) is 3.78. The van der Waals surface area contributed by atoms with Gasteiger partial charge in [-0.3, -0.25) is 9.52 Å². The summed E-state index contributed by atoms with van der Waals surface area (Å²) in [7, 11) is -2.46. The number of nitrogens with one attached hydrogen (secondary N) is 1. The summed E-state index contributed by atoms with van der Waals surface area (Å²) in [6, 6.07) is 7.52. The second-order valence-corrected chi connectivity index (χ2v) is 11.8. The van der Waals surface area contributed by atoms with E-state index in [2.05, 4.69) is 9.71 Å². The molecule has 0 unspecified atom stereocenters. The highest BCUT2D eigenvalue weighted by Crippen LogP contribution is 2.52. The van der Waals surface area contributed by atoms with Crippen molar-refractivity contribution in [2.75, 3.05) is 17.8 Å². The molecule has 37 heavy (non-hydrogen) atoms. The van der Waals surface area contributed by atoms with Crippen LogP contribution in [0, 0.1) is 16.7 Å². The number of rotatable bonds is 5. The van der Waals surface area contributed by atoms with Crippen LogP contribution >= 0.6 is 0 Å². The molecular weight excluding hydrogens is 504 g/mol. The van der Waals surface area contributed by atoms with Gasteiger partial charge < -0.3 is 9.30 Å². The minimum Gasteiger partial charge on any atom is -0.455 e. The minimum absolute atomic E-state index is 0.00582. The molecule has 1 saturated heterocycles. The van der Waals surface area contributed by atoms with Gasteiger partial charge in [0.2, 0.25) is 0 Å². The number of hydrogen-bond acceptors (Lipinski definition) is 6. The number of nitriles is 1. The number of aromatic nitrogens is 2. The zero-order valence-corrected chi connectivity index (χ0v) is 20.7. The molecule has 3 aliphatic rings. The summed E-state index contributed by atoms with van der Waals surface area (Å²) in [4.78, 5) is 16.7. The molecule has 1 saturated carbocycles. The number of halogens is 2. The summed E-state index contributed by atoms with van der Waals surface area (Å²) >= 11 is 0. The van der Waals surface area contributed by atoms with Crippen molar-refractivity contribution in [1.82, 2.24) is 13.9 Å². The van der Waals surface area contributed by atoms with Crippen LogP contribution in [0.2, 0.25) is 0 Å². The molecule has 2 heterocycles. The van der Waals surface area contributed by atoms with Crippen LogP contribution in [0.15, 0.2) is 35.4 Å². The molecule has 0 radical (unpaired) electrons. The van der Waals surface area contributed by atoms with E-state index in [0.717, 1.165) is 19.3 Å². The van der Waals surface area contributed by atoms with Crippen LogP contribution in [0.3, 0.4) is 0 Å². The van der Waals surface area contributed by atoms with E-state index in [-0.39, 0.29) is 45.3 Å². The molecular formula is C25H23F2N5O4S. The largest absolute Gasteiger partial charge is 0.455 e. The molecule has 0 amide bonds. The molecule has 1 aromatic heterocycles. The maximum absolute atomic E-state index is 15.0. The van der Waals surface area contributed by atoms with Gasteiger partial charge >= 0.3 is 10.2 Å².